The number of nitrogens with one attached hydrogen (secondary N) is 1. The summed E-state index contributed by atoms with van der Waals surface area (Å²) < 4.78 is 10.3. The lowest BCUT2D eigenvalue weighted by molar-refractivity contribution is -0.153. The molecule has 3 rings (SSSR count). The lowest BCUT2D eigenvalue weighted by atomic mass is 10.1. The van der Waals surface area contributed by atoms with Gasteiger partial charge < -0.3 is 14.4 Å². The number of nitrogens with zero attached hydrogens (tertiary/aromatic N) is 1. The second-order valence-corrected chi connectivity index (χ2v) is 6.82. The van der Waals surface area contributed by atoms with Crippen LogP contribution in [0.15, 0.2) is 54.6 Å². The van der Waals surface area contributed by atoms with Crippen LogP contribution in [0.2, 0.25) is 0 Å². The highest BCUT2D eigenvalue weighted by Gasteiger charge is 2.37. The number of ether oxygens (including phenoxy) is 2. The number of hydrogen-bond acceptors (Lipinski definition) is 6. The number of hydrogen-bond donors (Lipinski definition) is 1. The van der Waals surface area contributed by atoms with Gasteiger partial charge in [0.25, 0.3) is 5.91 Å². The van der Waals surface area contributed by atoms with E-state index in [0.29, 0.717) is 11.4 Å². The van der Waals surface area contributed by atoms with Crippen molar-refractivity contribution in [2.24, 2.45) is 5.92 Å². The zero-order chi connectivity index (χ0) is 21.5. The van der Waals surface area contributed by atoms with Crippen LogP contribution in [-0.4, -0.2) is 44.0 Å². The van der Waals surface area contributed by atoms with Crippen molar-refractivity contribution in [2.75, 3.05) is 25.2 Å². The number of para-hydroxylation sites is 2. The Hall–Kier alpha value is -3.68. The highest BCUT2D eigenvalue weighted by atomic mass is 16.5. The Kier molecular flexibility index (Phi) is 6.79. The van der Waals surface area contributed by atoms with E-state index in [1.54, 1.807) is 48.5 Å². The van der Waals surface area contributed by atoms with E-state index >= 15 is 0 Å². The normalized spacial score (nSPS) is 15.6. The van der Waals surface area contributed by atoms with Crippen molar-refractivity contribution in [1.82, 2.24) is 5.32 Å². The highest BCUT2D eigenvalue weighted by Crippen LogP contribution is 2.33. The van der Waals surface area contributed by atoms with Gasteiger partial charge in [-0.1, -0.05) is 42.5 Å². The summed E-state index contributed by atoms with van der Waals surface area (Å²) in [6.45, 7) is -0.453. The molecular formula is C22H22N2O6. The van der Waals surface area contributed by atoms with Crippen molar-refractivity contribution < 1.29 is 28.7 Å². The molecule has 0 unspecified atom stereocenters. The number of imide groups is 1. The molecule has 1 N–H and O–H groups in total. The van der Waals surface area contributed by atoms with Crippen molar-refractivity contribution in [1.29, 1.82) is 0 Å². The molecule has 0 saturated carbocycles. The van der Waals surface area contributed by atoms with Crippen LogP contribution < -0.4 is 15.0 Å². The standard InChI is InChI=1S/C22H22N2O6/c1-29-18-10-6-5-9-17(18)24-13-16(12-21(24)27)22(28)30-14-20(26)23-19(25)11-15-7-3-2-4-8-15/h2-10,16H,11-14H2,1H3,(H,23,25,26)/t16-/m1/s1. The van der Waals surface area contributed by atoms with E-state index in [0.717, 1.165) is 5.56 Å². The molecule has 156 valence electrons. The van der Waals surface area contributed by atoms with Crippen molar-refractivity contribution in [3.63, 3.8) is 0 Å². The molecule has 30 heavy (non-hydrogen) atoms. The van der Waals surface area contributed by atoms with Gasteiger partial charge in [0, 0.05) is 13.0 Å². The molecule has 0 aliphatic carbocycles. The highest BCUT2D eigenvalue weighted by molar-refractivity contribution is 6.01. The first-order valence-electron chi connectivity index (χ1n) is 9.44. The first kappa shape index (κ1) is 21.0. The summed E-state index contributed by atoms with van der Waals surface area (Å²) in [5.41, 5.74) is 1.34. The van der Waals surface area contributed by atoms with E-state index in [2.05, 4.69) is 5.32 Å². The third-order valence-electron chi connectivity index (χ3n) is 4.67. The Morgan fingerprint density at radius 2 is 1.73 bits per heavy atom. The Morgan fingerprint density at radius 1 is 1.03 bits per heavy atom. The monoisotopic (exact) mass is 410 g/mol. The van der Waals surface area contributed by atoms with Crippen LogP contribution in [-0.2, 0) is 30.3 Å². The van der Waals surface area contributed by atoms with E-state index in [4.69, 9.17) is 9.47 Å². The maximum atomic E-state index is 12.4. The number of anilines is 1. The van der Waals surface area contributed by atoms with Gasteiger partial charge in [0.2, 0.25) is 11.8 Å². The minimum absolute atomic E-state index is 0.0224. The number of amides is 3. The van der Waals surface area contributed by atoms with Gasteiger partial charge in [0.05, 0.1) is 25.1 Å². The number of carbonyl (C=O) groups excluding carboxylic acids is 4. The first-order valence-corrected chi connectivity index (χ1v) is 9.44. The van der Waals surface area contributed by atoms with E-state index in [-0.39, 0.29) is 25.3 Å². The third-order valence-corrected chi connectivity index (χ3v) is 4.67. The smallest absolute Gasteiger partial charge is 0.311 e. The third kappa shape index (κ3) is 5.22. The fourth-order valence-electron chi connectivity index (χ4n) is 3.22. The summed E-state index contributed by atoms with van der Waals surface area (Å²) in [5, 5.41) is 2.18. The number of esters is 1. The molecule has 8 nitrogen and oxygen atoms in total. The van der Waals surface area contributed by atoms with Gasteiger partial charge in [-0.05, 0) is 17.7 Å². The lowest BCUT2D eigenvalue weighted by Crippen LogP contribution is -2.36. The summed E-state index contributed by atoms with van der Waals surface area (Å²) in [7, 11) is 1.50. The maximum absolute atomic E-state index is 12.4. The molecule has 1 aliphatic heterocycles. The number of carbonyl (C=O) groups is 4. The van der Waals surface area contributed by atoms with Gasteiger partial charge >= 0.3 is 5.97 Å². The van der Waals surface area contributed by atoms with Gasteiger partial charge in [0.1, 0.15) is 5.75 Å². The predicted molar refractivity (Wildman–Crippen MR) is 108 cm³/mol. The molecule has 8 heteroatoms. The van der Waals surface area contributed by atoms with Crippen molar-refractivity contribution >= 4 is 29.4 Å². The molecule has 3 amide bonds. The van der Waals surface area contributed by atoms with Gasteiger partial charge in [-0.25, -0.2) is 0 Å². The molecule has 0 spiro atoms. The van der Waals surface area contributed by atoms with Crippen molar-refractivity contribution in [2.45, 2.75) is 12.8 Å². The van der Waals surface area contributed by atoms with E-state index in [1.165, 1.54) is 12.0 Å². The quantitative estimate of drug-likeness (QED) is 0.694. The Balaban J connectivity index is 1.48. The Labute approximate surface area is 173 Å². The maximum Gasteiger partial charge on any atom is 0.311 e. The van der Waals surface area contributed by atoms with Gasteiger partial charge in [-0.3, -0.25) is 24.5 Å². The van der Waals surface area contributed by atoms with E-state index in [1.807, 2.05) is 6.07 Å². The summed E-state index contributed by atoms with van der Waals surface area (Å²) >= 11 is 0. The molecule has 0 radical (unpaired) electrons. The topological polar surface area (TPSA) is 102 Å². The fraction of sp³-hybridized carbons (Fsp3) is 0.273. The van der Waals surface area contributed by atoms with Crippen LogP contribution in [0.5, 0.6) is 5.75 Å². The average molecular weight is 410 g/mol. The second-order valence-electron chi connectivity index (χ2n) is 6.82. The molecular weight excluding hydrogens is 388 g/mol. The summed E-state index contributed by atoms with van der Waals surface area (Å²) in [5.74, 6) is -2.27. The molecule has 1 heterocycles. The minimum atomic E-state index is -0.713. The minimum Gasteiger partial charge on any atom is -0.495 e. The van der Waals surface area contributed by atoms with Crippen LogP contribution in [0.1, 0.15) is 12.0 Å². The number of benzene rings is 2. The molecule has 2 aromatic rings. The molecule has 1 fully saturated rings. The zero-order valence-electron chi connectivity index (χ0n) is 16.5. The Bertz CT molecular complexity index is 944. The van der Waals surface area contributed by atoms with Crippen LogP contribution in [0.3, 0.4) is 0 Å². The number of rotatable bonds is 7. The van der Waals surface area contributed by atoms with Crippen LogP contribution >= 0.6 is 0 Å². The van der Waals surface area contributed by atoms with Crippen LogP contribution in [0.25, 0.3) is 0 Å². The van der Waals surface area contributed by atoms with Gasteiger partial charge in [-0.15, -0.1) is 0 Å². The molecule has 0 bridgehead atoms. The Morgan fingerprint density at radius 3 is 2.47 bits per heavy atom. The molecule has 1 saturated heterocycles. The largest absolute Gasteiger partial charge is 0.495 e. The zero-order valence-corrected chi connectivity index (χ0v) is 16.5. The molecule has 1 atom stereocenters. The number of methoxy groups -OCH3 is 1. The van der Waals surface area contributed by atoms with Gasteiger partial charge in [0.15, 0.2) is 6.61 Å². The van der Waals surface area contributed by atoms with E-state index in [9.17, 15) is 19.2 Å². The predicted octanol–water partition coefficient (Wildman–Crippen LogP) is 1.48. The lowest BCUT2D eigenvalue weighted by Gasteiger charge is -2.19. The summed E-state index contributed by atoms with van der Waals surface area (Å²) in [6.07, 6.45) is 0.0248. The van der Waals surface area contributed by atoms with E-state index < -0.39 is 30.3 Å². The SMILES string of the molecule is COc1ccccc1N1C[C@H](C(=O)OCC(=O)NC(=O)Cc2ccccc2)CC1=O. The van der Waals surface area contributed by atoms with Crippen LogP contribution in [0, 0.1) is 5.92 Å². The molecule has 0 aromatic heterocycles. The fourth-order valence-corrected chi connectivity index (χ4v) is 3.22. The van der Waals surface area contributed by atoms with Crippen LogP contribution in [0.4, 0.5) is 5.69 Å². The van der Waals surface area contributed by atoms with Gasteiger partial charge in [-0.2, -0.15) is 0 Å². The van der Waals surface area contributed by atoms with Crippen molar-refractivity contribution in [3.05, 3.63) is 60.2 Å². The second kappa shape index (κ2) is 9.69. The average Bonchev–Trinajstić information content (AvgIpc) is 3.14. The first-order chi connectivity index (χ1) is 14.5. The van der Waals surface area contributed by atoms with Crippen molar-refractivity contribution in [3.8, 4) is 5.75 Å². The summed E-state index contributed by atoms with van der Waals surface area (Å²) in [4.78, 5) is 49.9. The summed E-state index contributed by atoms with van der Waals surface area (Å²) in [6, 6.07) is 16.0. The molecule has 1 aliphatic rings. The molecule has 2 aromatic carbocycles.